The van der Waals surface area contributed by atoms with Crippen LogP contribution >= 0.6 is 0 Å². The van der Waals surface area contributed by atoms with Gasteiger partial charge < -0.3 is 13.8 Å². The fourth-order valence-electron chi connectivity index (χ4n) is 2.43. The summed E-state index contributed by atoms with van der Waals surface area (Å²) in [7, 11) is 0. The van der Waals surface area contributed by atoms with E-state index < -0.39 is 0 Å². The number of nitrogens with zero attached hydrogens (tertiary/aromatic N) is 3. The van der Waals surface area contributed by atoms with Gasteiger partial charge >= 0.3 is 0 Å². The molecule has 1 aliphatic rings. The van der Waals surface area contributed by atoms with Gasteiger partial charge in [0.1, 0.15) is 11.9 Å². The zero-order chi connectivity index (χ0) is 13.6. The van der Waals surface area contributed by atoms with Crippen molar-refractivity contribution in [2.24, 2.45) is 0 Å². The summed E-state index contributed by atoms with van der Waals surface area (Å²) < 4.78 is 16.3. The molecule has 102 valence electrons. The summed E-state index contributed by atoms with van der Waals surface area (Å²) in [6, 6.07) is 0. The monoisotopic (exact) mass is 263 g/mol. The van der Waals surface area contributed by atoms with Crippen molar-refractivity contribution in [3.63, 3.8) is 0 Å². The maximum absolute atomic E-state index is 5.89. The summed E-state index contributed by atoms with van der Waals surface area (Å²) >= 11 is 0. The van der Waals surface area contributed by atoms with Crippen LogP contribution in [0.1, 0.15) is 50.1 Å². The third kappa shape index (κ3) is 2.16. The highest BCUT2D eigenvalue weighted by molar-refractivity contribution is 5.59. The van der Waals surface area contributed by atoms with Crippen LogP contribution in [0.25, 0.3) is 11.4 Å². The molecule has 1 fully saturated rings. The Morgan fingerprint density at radius 2 is 1.95 bits per heavy atom. The maximum atomic E-state index is 5.89. The molecule has 0 saturated carbocycles. The molecule has 0 bridgehead atoms. The molecule has 0 amide bonds. The molecule has 6 heteroatoms. The van der Waals surface area contributed by atoms with Crippen LogP contribution in [0.3, 0.4) is 0 Å². The minimum atomic E-state index is -0.123. The predicted molar refractivity (Wildman–Crippen MR) is 66.4 cm³/mol. The van der Waals surface area contributed by atoms with E-state index in [4.69, 9.17) is 13.8 Å². The molecular weight excluding hydrogens is 246 g/mol. The van der Waals surface area contributed by atoms with Gasteiger partial charge in [0.25, 0.3) is 5.89 Å². The molecule has 6 nitrogen and oxygen atoms in total. The van der Waals surface area contributed by atoms with Crippen LogP contribution in [0.15, 0.2) is 9.05 Å². The summed E-state index contributed by atoms with van der Waals surface area (Å²) in [5, 5.41) is 7.90. The predicted octanol–water partition coefficient (Wildman–Crippen LogP) is 2.97. The van der Waals surface area contributed by atoms with Crippen molar-refractivity contribution in [3.05, 3.63) is 17.3 Å². The molecule has 0 aromatic carbocycles. The van der Waals surface area contributed by atoms with E-state index in [9.17, 15) is 0 Å². The Morgan fingerprint density at radius 3 is 2.53 bits per heavy atom. The topological polar surface area (TPSA) is 74.2 Å². The molecule has 0 N–H and O–H groups in total. The van der Waals surface area contributed by atoms with Gasteiger partial charge in [-0.1, -0.05) is 10.3 Å². The first kappa shape index (κ1) is 12.3. The largest absolute Gasteiger partial charge is 0.363 e. The lowest BCUT2D eigenvalue weighted by atomic mass is 10.1. The van der Waals surface area contributed by atoms with Gasteiger partial charge in [0.05, 0.1) is 16.9 Å². The fraction of sp³-hybridized carbons (Fsp3) is 0.615. The number of aromatic nitrogens is 3. The summed E-state index contributed by atoms with van der Waals surface area (Å²) in [6.45, 7) is 7.83. The number of aryl methyl sites for hydroxylation is 2. The second kappa shape index (κ2) is 4.16. The van der Waals surface area contributed by atoms with Crippen molar-refractivity contribution in [2.75, 3.05) is 0 Å². The smallest absolute Gasteiger partial charge is 0.256 e. The molecule has 3 rings (SSSR count). The molecule has 19 heavy (non-hydrogen) atoms. The highest BCUT2D eigenvalue weighted by Crippen LogP contribution is 2.38. The van der Waals surface area contributed by atoms with Crippen molar-refractivity contribution in [3.8, 4) is 11.4 Å². The molecule has 0 radical (unpaired) electrons. The zero-order valence-corrected chi connectivity index (χ0v) is 11.6. The molecule has 3 heterocycles. The third-order valence-corrected chi connectivity index (χ3v) is 3.44. The van der Waals surface area contributed by atoms with Crippen LogP contribution in [-0.2, 0) is 4.74 Å². The van der Waals surface area contributed by atoms with E-state index in [0.29, 0.717) is 17.5 Å². The zero-order valence-electron chi connectivity index (χ0n) is 11.6. The SMILES string of the molecule is Cc1noc(C)c1-c1noc(C2CCC(C)(C)O2)n1. The van der Waals surface area contributed by atoms with Gasteiger partial charge in [0.15, 0.2) is 0 Å². The Hall–Kier alpha value is -1.69. The van der Waals surface area contributed by atoms with Gasteiger partial charge in [-0.3, -0.25) is 0 Å². The molecule has 1 unspecified atom stereocenters. The minimum Gasteiger partial charge on any atom is -0.363 e. The van der Waals surface area contributed by atoms with Gasteiger partial charge in [0.2, 0.25) is 5.82 Å². The van der Waals surface area contributed by atoms with Crippen molar-refractivity contribution in [2.45, 2.75) is 52.2 Å². The third-order valence-electron chi connectivity index (χ3n) is 3.44. The fourth-order valence-corrected chi connectivity index (χ4v) is 2.43. The van der Waals surface area contributed by atoms with Gasteiger partial charge in [-0.25, -0.2) is 0 Å². The van der Waals surface area contributed by atoms with Crippen LogP contribution in [0, 0.1) is 13.8 Å². The van der Waals surface area contributed by atoms with E-state index in [1.807, 2.05) is 13.8 Å². The molecule has 1 aliphatic heterocycles. The molecular formula is C13H17N3O3. The van der Waals surface area contributed by atoms with Crippen molar-refractivity contribution < 1.29 is 13.8 Å². The van der Waals surface area contributed by atoms with Gasteiger partial charge in [-0.15, -0.1) is 0 Å². The van der Waals surface area contributed by atoms with Gasteiger partial charge in [-0.2, -0.15) is 4.98 Å². The summed E-state index contributed by atoms with van der Waals surface area (Å²) in [4.78, 5) is 4.42. The Balaban J connectivity index is 1.89. The number of rotatable bonds is 2. The summed E-state index contributed by atoms with van der Waals surface area (Å²) in [6.07, 6.45) is 1.77. The van der Waals surface area contributed by atoms with Crippen LogP contribution in [-0.4, -0.2) is 20.9 Å². The standard InChI is InChI=1S/C13H17N3O3/c1-7-10(8(2)18-15-7)11-14-12(19-16-11)9-5-6-13(3,4)17-9/h9H,5-6H2,1-4H3. The number of hydrogen-bond donors (Lipinski definition) is 0. The first-order valence-corrected chi connectivity index (χ1v) is 6.41. The first-order chi connectivity index (χ1) is 8.96. The second-order valence-electron chi connectivity index (χ2n) is 5.56. The normalized spacial score (nSPS) is 22.0. The van der Waals surface area contributed by atoms with Gasteiger partial charge in [0, 0.05) is 0 Å². The van der Waals surface area contributed by atoms with E-state index in [-0.39, 0.29) is 11.7 Å². The quantitative estimate of drug-likeness (QED) is 0.829. The molecule has 1 atom stereocenters. The average molecular weight is 263 g/mol. The van der Waals surface area contributed by atoms with Crippen molar-refractivity contribution in [1.82, 2.24) is 15.3 Å². The Kier molecular flexibility index (Phi) is 2.70. The molecule has 2 aromatic heterocycles. The van der Waals surface area contributed by atoms with Gasteiger partial charge in [-0.05, 0) is 40.5 Å². The highest BCUT2D eigenvalue weighted by Gasteiger charge is 2.36. The number of ether oxygens (including phenoxy) is 1. The maximum Gasteiger partial charge on any atom is 0.256 e. The van der Waals surface area contributed by atoms with Crippen LogP contribution in [0.4, 0.5) is 0 Å². The van der Waals surface area contributed by atoms with Crippen molar-refractivity contribution in [1.29, 1.82) is 0 Å². The molecule has 0 spiro atoms. The summed E-state index contributed by atoms with van der Waals surface area (Å²) in [5.41, 5.74) is 1.44. The van der Waals surface area contributed by atoms with E-state index in [1.165, 1.54) is 0 Å². The van der Waals surface area contributed by atoms with Crippen molar-refractivity contribution >= 4 is 0 Å². The number of hydrogen-bond acceptors (Lipinski definition) is 6. The first-order valence-electron chi connectivity index (χ1n) is 6.41. The van der Waals surface area contributed by atoms with Crippen LogP contribution < -0.4 is 0 Å². The lowest BCUT2D eigenvalue weighted by Crippen LogP contribution is -2.17. The Labute approximate surface area is 111 Å². The highest BCUT2D eigenvalue weighted by atomic mass is 16.5. The van der Waals surface area contributed by atoms with Crippen LogP contribution in [0.5, 0.6) is 0 Å². The van der Waals surface area contributed by atoms with E-state index in [1.54, 1.807) is 0 Å². The lowest BCUT2D eigenvalue weighted by molar-refractivity contribution is -0.0292. The molecule has 0 aliphatic carbocycles. The molecule has 1 saturated heterocycles. The van der Waals surface area contributed by atoms with E-state index in [0.717, 1.165) is 24.1 Å². The summed E-state index contributed by atoms with van der Waals surface area (Å²) in [5.74, 6) is 1.73. The van der Waals surface area contributed by atoms with Crippen LogP contribution in [0.2, 0.25) is 0 Å². The minimum absolute atomic E-state index is 0.114. The van der Waals surface area contributed by atoms with E-state index in [2.05, 4.69) is 29.1 Å². The Bertz CT molecular complexity index is 581. The van der Waals surface area contributed by atoms with E-state index >= 15 is 0 Å². The second-order valence-corrected chi connectivity index (χ2v) is 5.56. The lowest BCUT2D eigenvalue weighted by Gasteiger charge is -2.17. The average Bonchev–Trinajstić information content (AvgIpc) is 2.99. The Morgan fingerprint density at radius 1 is 1.16 bits per heavy atom. The molecule has 2 aromatic rings.